The zero-order valence-electron chi connectivity index (χ0n) is 12.2. The van der Waals surface area contributed by atoms with Crippen LogP contribution in [0, 0.1) is 0 Å². The summed E-state index contributed by atoms with van der Waals surface area (Å²) in [6.07, 6.45) is -4.70. The van der Waals surface area contributed by atoms with Gasteiger partial charge in [-0.05, 0) is 49.0 Å². The molecule has 122 valence electrons. The Hall–Kier alpha value is -2.28. The lowest BCUT2D eigenvalue weighted by Crippen LogP contribution is -2.30. The van der Waals surface area contributed by atoms with Gasteiger partial charge in [0.05, 0.1) is 6.04 Å². The van der Waals surface area contributed by atoms with Crippen LogP contribution in [-0.4, -0.2) is 11.5 Å². The Morgan fingerprint density at radius 1 is 1.04 bits per heavy atom. The van der Waals surface area contributed by atoms with Gasteiger partial charge < -0.3 is 15.4 Å². The smallest absolute Gasteiger partial charge is 0.406 e. The van der Waals surface area contributed by atoms with E-state index in [2.05, 4.69) is 15.4 Å². The van der Waals surface area contributed by atoms with Crippen molar-refractivity contribution in [3.8, 4) is 5.75 Å². The van der Waals surface area contributed by atoms with E-state index in [1.807, 2.05) is 37.3 Å². The summed E-state index contributed by atoms with van der Waals surface area (Å²) in [5.41, 5.74) is 1.64. The van der Waals surface area contributed by atoms with Crippen molar-refractivity contribution in [2.75, 3.05) is 5.32 Å². The predicted octanol–water partition coefficient (Wildman–Crippen LogP) is 4.63. The summed E-state index contributed by atoms with van der Waals surface area (Å²) >= 11 is 5.20. The van der Waals surface area contributed by atoms with E-state index in [9.17, 15) is 13.2 Å². The molecule has 0 spiro atoms. The molecular weight excluding hydrogens is 325 g/mol. The van der Waals surface area contributed by atoms with Gasteiger partial charge in [0.2, 0.25) is 0 Å². The summed E-state index contributed by atoms with van der Waals surface area (Å²) in [6.45, 7) is 1.96. The van der Waals surface area contributed by atoms with Crippen LogP contribution in [-0.2, 0) is 0 Å². The number of halogens is 3. The van der Waals surface area contributed by atoms with Gasteiger partial charge in [-0.2, -0.15) is 0 Å². The molecule has 0 unspecified atom stereocenters. The van der Waals surface area contributed by atoms with Gasteiger partial charge in [-0.1, -0.05) is 30.3 Å². The average molecular weight is 340 g/mol. The fraction of sp³-hybridized carbons (Fsp3) is 0.188. The molecule has 1 atom stereocenters. The molecule has 0 saturated carbocycles. The zero-order chi connectivity index (χ0) is 16.9. The number of thiocarbonyl (C=S) groups is 1. The molecule has 0 aliphatic heterocycles. The molecule has 2 aromatic rings. The number of hydrogen-bond acceptors (Lipinski definition) is 2. The monoisotopic (exact) mass is 340 g/mol. The molecule has 2 aromatic carbocycles. The number of nitrogens with one attached hydrogen (secondary N) is 2. The Bertz CT molecular complexity index is 645. The second-order valence-corrected chi connectivity index (χ2v) is 5.21. The molecule has 23 heavy (non-hydrogen) atoms. The van der Waals surface area contributed by atoms with E-state index in [1.54, 1.807) is 0 Å². The van der Waals surface area contributed by atoms with Crippen molar-refractivity contribution in [1.82, 2.24) is 5.32 Å². The van der Waals surface area contributed by atoms with Crippen LogP contribution in [0.1, 0.15) is 18.5 Å². The lowest BCUT2D eigenvalue weighted by molar-refractivity contribution is -0.274. The lowest BCUT2D eigenvalue weighted by Gasteiger charge is -2.17. The molecule has 0 heterocycles. The van der Waals surface area contributed by atoms with E-state index in [0.29, 0.717) is 10.8 Å². The highest BCUT2D eigenvalue weighted by Crippen LogP contribution is 2.24. The van der Waals surface area contributed by atoms with E-state index in [0.717, 1.165) is 5.56 Å². The van der Waals surface area contributed by atoms with Crippen molar-refractivity contribution in [3.05, 3.63) is 60.2 Å². The maximum atomic E-state index is 12.1. The van der Waals surface area contributed by atoms with Gasteiger partial charge in [-0.15, -0.1) is 13.2 Å². The fourth-order valence-corrected chi connectivity index (χ4v) is 2.22. The van der Waals surface area contributed by atoms with Crippen LogP contribution < -0.4 is 15.4 Å². The van der Waals surface area contributed by atoms with E-state index >= 15 is 0 Å². The first-order chi connectivity index (χ1) is 10.8. The summed E-state index contributed by atoms with van der Waals surface area (Å²) in [6, 6.07) is 15.1. The highest BCUT2D eigenvalue weighted by Gasteiger charge is 2.30. The first-order valence-corrected chi connectivity index (χ1v) is 7.22. The summed E-state index contributed by atoms with van der Waals surface area (Å²) < 4.78 is 40.1. The Morgan fingerprint density at radius 2 is 1.65 bits per heavy atom. The molecule has 2 rings (SSSR count). The Balaban J connectivity index is 1.90. The highest BCUT2D eigenvalue weighted by atomic mass is 32.1. The third kappa shape index (κ3) is 5.78. The van der Waals surface area contributed by atoms with Gasteiger partial charge in [-0.25, -0.2) is 0 Å². The normalized spacial score (nSPS) is 12.3. The van der Waals surface area contributed by atoms with Gasteiger partial charge in [-0.3, -0.25) is 0 Å². The van der Waals surface area contributed by atoms with Crippen molar-refractivity contribution >= 4 is 23.0 Å². The maximum absolute atomic E-state index is 12.1. The van der Waals surface area contributed by atoms with Gasteiger partial charge >= 0.3 is 6.36 Å². The summed E-state index contributed by atoms with van der Waals surface area (Å²) in [5.74, 6) is -0.278. The molecule has 0 bridgehead atoms. The largest absolute Gasteiger partial charge is 0.573 e. The zero-order valence-corrected chi connectivity index (χ0v) is 13.0. The number of alkyl halides is 3. The minimum absolute atomic E-state index is 0.00374. The topological polar surface area (TPSA) is 33.3 Å². The minimum atomic E-state index is -4.70. The summed E-state index contributed by atoms with van der Waals surface area (Å²) in [4.78, 5) is 0. The molecule has 7 heteroatoms. The standard InChI is InChI=1S/C16H15F3N2OS/c1-11(12-5-3-2-4-6-12)20-15(23)21-13-7-9-14(10-8-13)22-16(17,18)19/h2-11H,1H3,(H2,20,21,23)/t11-/m1/s1. The first kappa shape index (κ1) is 17.1. The van der Waals surface area contributed by atoms with Crippen LogP contribution in [0.2, 0.25) is 0 Å². The first-order valence-electron chi connectivity index (χ1n) is 6.82. The van der Waals surface area contributed by atoms with Gasteiger partial charge in [0.25, 0.3) is 0 Å². The molecular formula is C16H15F3N2OS. The molecule has 0 amide bonds. The molecule has 2 N–H and O–H groups in total. The maximum Gasteiger partial charge on any atom is 0.573 e. The molecule has 0 aromatic heterocycles. The third-order valence-electron chi connectivity index (χ3n) is 2.99. The molecule has 0 radical (unpaired) electrons. The van der Waals surface area contributed by atoms with E-state index in [4.69, 9.17) is 12.2 Å². The van der Waals surface area contributed by atoms with Gasteiger partial charge in [0, 0.05) is 5.69 Å². The van der Waals surface area contributed by atoms with Crippen LogP contribution in [0.15, 0.2) is 54.6 Å². The Kier molecular flexibility index (Phi) is 5.44. The average Bonchev–Trinajstić information content (AvgIpc) is 2.48. The molecule has 0 aliphatic rings. The van der Waals surface area contributed by atoms with E-state index in [1.165, 1.54) is 24.3 Å². The molecule has 3 nitrogen and oxygen atoms in total. The van der Waals surface area contributed by atoms with Crippen molar-refractivity contribution in [3.63, 3.8) is 0 Å². The minimum Gasteiger partial charge on any atom is -0.406 e. The number of anilines is 1. The molecule has 0 aliphatic carbocycles. The quantitative estimate of drug-likeness (QED) is 0.795. The van der Waals surface area contributed by atoms with Crippen LogP contribution in [0.3, 0.4) is 0 Å². The lowest BCUT2D eigenvalue weighted by atomic mass is 10.1. The summed E-state index contributed by atoms with van der Waals surface area (Å²) in [5, 5.41) is 6.40. The number of hydrogen-bond donors (Lipinski definition) is 2. The van der Waals surface area contributed by atoms with Gasteiger partial charge in [0.15, 0.2) is 5.11 Å². The van der Waals surface area contributed by atoms with Crippen LogP contribution in [0.4, 0.5) is 18.9 Å². The predicted molar refractivity (Wildman–Crippen MR) is 87.3 cm³/mol. The Morgan fingerprint density at radius 3 is 2.22 bits per heavy atom. The second kappa shape index (κ2) is 7.32. The number of benzene rings is 2. The van der Waals surface area contributed by atoms with Crippen molar-refractivity contribution in [2.45, 2.75) is 19.3 Å². The fourth-order valence-electron chi connectivity index (χ4n) is 1.93. The van der Waals surface area contributed by atoms with Crippen LogP contribution >= 0.6 is 12.2 Å². The van der Waals surface area contributed by atoms with E-state index < -0.39 is 6.36 Å². The third-order valence-corrected chi connectivity index (χ3v) is 3.21. The highest BCUT2D eigenvalue weighted by molar-refractivity contribution is 7.80. The van der Waals surface area contributed by atoms with Crippen molar-refractivity contribution in [2.24, 2.45) is 0 Å². The second-order valence-electron chi connectivity index (χ2n) is 4.80. The number of rotatable bonds is 4. The van der Waals surface area contributed by atoms with E-state index in [-0.39, 0.29) is 11.8 Å². The Labute approximate surface area is 137 Å². The SMILES string of the molecule is C[C@@H](NC(=S)Nc1ccc(OC(F)(F)F)cc1)c1ccccc1. The molecule has 0 fully saturated rings. The van der Waals surface area contributed by atoms with Crippen LogP contribution in [0.25, 0.3) is 0 Å². The summed E-state index contributed by atoms with van der Waals surface area (Å²) in [7, 11) is 0. The van der Waals surface area contributed by atoms with Crippen molar-refractivity contribution in [1.29, 1.82) is 0 Å². The molecule has 0 saturated heterocycles. The number of ether oxygens (including phenoxy) is 1. The van der Waals surface area contributed by atoms with Crippen molar-refractivity contribution < 1.29 is 17.9 Å². The van der Waals surface area contributed by atoms with Crippen LogP contribution in [0.5, 0.6) is 5.75 Å². The van der Waals surface area contributed by atoms with Gasteiger partial charge in [0.1, 0.15) is 5.75 Å².